The Labute approximate surface area is 161 Å². The van der Waals surface area contributed by atoms with E-state index in [2.05, 4.69) is 13.8 Å². The molecule has 2 fully saturated rings. The summed E-state index contributed by atoms with van der Waals surface area (Å²) in [7, 11) is 0. The van der Waals surface area contributed by atoms with Gasteiger partial charge in [0, 0.05) is 19.5 Å². The fourth-order valence-corrected chi connectivity index (χ4v) is 5.26. The van der Waals surface area contributed by atoms with E-state index in [1.54, 1.807) is 0 Å². The number of nitrogens with zero attached hydrogens (tertiary/aromatic N) is 1. The van der Waals surface area contributed by atoms with E-state index in [9.17, 15) is 9.59 Å². The molecule has 0 saturated heterocycles. The van der Waals surface area contributed by atoms with Crippen LogP contribution in [0.4, 0.5) is 0 Å². The molecule has 2 aliphatic carbocycles. The summed E-state index contributed by atoms with van der Waals surface area (Å²) in [6, 6.07) is 20.1. The molecule has 3 nitrogen and oxygen atoms in total. The quantitative estimate of drug-likeness (QED) is 0.729. The summed E-state index contributed by atoms with van der Waals surface area (Å²) in [6.45, 7) is 5.31. The zero-order valence-corrected chi connectivity index (χ0v) is 16.2. The summed E-state index contributed by atoms with van der Waals surface area (Å²) in [5.74, 6) is 0.509. The van der Waals surface area contributed by atoms with Gasteiger partial charge in [-0.3, -0.25) is 9.59 Å². The smallest absolute Gasteiger partial charge is 0.237 e. The summed E-state index contributed by atoms with van der Waals surface area (Å²) in [5, 5.41) is 0. The number of carbonyl (C=O) groups is 2. The molecule has 0 N–H and O–H groups in total. The zero-order valence-electron chi connectivity index (χ0n) is 16.2. The number of ketones is 1. The highest BCUT2D eigenvalue weighted by Crippen LogP contribution is 2.64. The van der Waals surface area contributed by atoms with Gasteiger partial charge in [0.15, 0.2) is 0 Å². The molecule has 2 bridgehead atoms. The van der Waals surface area contributed by atoms with Crippen LogP contribution in [0.15, 0.2) is 60.7 Å². The van der Waals surface area contributed by atoms with Gasteiger partial charge in [-0.25, -0.2) is 0 Å². The maximum Gasteiger partial charge on any atom is 0.237 e. The third kappa shape index (κ3) is 2.80. The lowest BCUT2D eigenvalue weighted by Gasteiger charge is -2.39. The van der Waals surface area contributed by atoms with Crippen molar-refractivity contribution in [1.29, 1.82) is 0 Å². The van der Waals surface area contributed by atoms with Crippen LogP contribution in [0.5, 0.6) is 0 Å². The number of hydrogen-bond donors (Lipinski definition) is 0. The van der Waals surface area contributed by atoms with Gasteiger partial charge in [-0.2, -0.15) is 0 Å². The van der Waals surface area contributed by atoms with Crippen LogP contribution in [0.1, 0.15) is 44.2 Å². The Morgan fingerprint density at radius 1 is 0.963 bits per heavy atom. The highest BCUT2D eigenvalue weighted by molar-refractivity contribution is 6.09. The molecule has 0 radical (unpaired) electrons. The highest BCUT2D eigenvalue weighted by atomic mass is 16.2. The summed E-state index contributed by atoms with van der Waals surface area (Å²) < 4.78 is 0. The molecule has 2 aliphatic rings. The van der Waals surface area contributed by atoms with Gasteiger partial charge in [-0.05, 0) is 35.3 Å². The molecule has 2 aromatic carbocycles. The average Bonchev–Trinajstić information content (AvgIpc) is 3.04. The topological polar surface area (TPSA) is 37.4 Å². The largest absolute Gasteiger partial charge is 0.333 e. The van der Waals surface area contributed by atoms with Crippen LogP contribution in [-0.4, -0.2) is 16.6 Å². The van der Waals surface area contributed by atoms with Crippen LogP contribution in [0.3, 0.4) is 0 Å². The molecule has 3 heteroatoms. The number of fused-ring (bicyclic) bond motifs is 2. The van der Waals surface area contributed by atoms with Crippen LogP contribution in [0, 0.1) is 16.7 Å². The molecular weight excluding hydrogens is 334 g/mol. The predicted octanol–water partition coefficient (Wildman–Crippen LogP) is 4.61. The van der Waals surface area contributed by atoms with E-state index >= 15 is 0 Å². The number of rotatable bonds is 5. The van der Waals surface area contributed by atoms with Crippen molar-refractivity contribution < 1.29 is 9.59 Å². The van der Waals surface area contributed by atoms with Crippen molar-refractivity contribution in [2.75, 3.05) is 0 Å². The number of benzene rings is 2. The maximum absolute atomic E-state index is 13.9. The van der Waals surface area contributed by atoms with E-state index in [1.807, 2.05) is 65.6 Å². The second kappa shape index (κ2) is 6.63. The first-order chi connectivity index (χ1) is 12.9. The van der Waals surface area contributed by atoms with E-state index in [0.717, 1.165) is 17.5 Å². The van der Waals surface area contributed by atoms with Crippen LogP contribution in [0.2, 0.25) is 0 Å². The predicted molar refractivity (Wildman–Crippen MR) is 106 cm³/mol. The number of Topliss-reactive ketones (excluding diaryl/α,β-unsaturated/α-hetero) is 1. The van der Waals surface area contributed by atoms with E-state index in [1.165, 1.54) is 0 Å². The van der Waals surface area contributed by atoms with Gasteiger partial charge in [-0.1, -0.05) is 74.5 Å². The second-order valence-electron chi connectivity index (χ2n) is 8.62. The van der Waals surface area contributed by atoms with Gasteiger partial charge in [-0.15, -0.1) is 0 Å². The molecule has 140 valence electrons. The summed E-state index contributed by atoms with van der Waals surface area (Å²) in [5.41, 5.74) is 1.08. The van der Waals surface area contributed by atoms with Crippen molar-refractivity contribution in [3.05, 3.63) is 71.8 Å². The third-order valence-electron chi connectivity index (χ3n) is 6.98. The lowest BCUT2D eigenvalue weighted by Crippen LogP contribution is -2.51. The Morgan fingerprint density at radius 3 is 1.89 bits per heavy atom. The molecule has 1 amide bonds. The molecule has 0 heterocycles. The van der Waals surface area contributed by atoms with Gasteiger partial charge in [0.2, 0.25) is 5.91 Å². The summed E-state index contributed by atoms with van der Waals surface area (Å²) in [6.07, 6.45) is 2.24. The Bertz CT molecular complexity index is 802. The molecule has 0 spiro atoms. The summed E-state index contributed by atoms with van der Waals surface area (Å²) in [4.78, 5) is 28.7. The average molecular weight is 361 g/mol. The molecule has 4 rings (SSSR count). The molecular formula is C24H27NO2. The molecule has 27 heavy (non-hydrogen) atoms. The minimum atomic E-state index is -0.846. The fourth-order valence-electron chi connectivity index (χ4n) is 5.26. The van der Waals surface area contributed by atoms with Crippen molar-refractivity contribution in [1.82, 2.24) is 4.90 Å². The minimum absolute atomic E-state index is 0.0187. The fraction of sp³-hybridized carbons (Fsp3) is 0.417. The van der Waals surface area contributed by atoms with Crippen molar-refractivity contribution >= 4 is 11.7 Å². The van der Waals surface area contributed by atoms with Crippen molar-refractivity contribution in [3.63, 3.8) is 0 Å². The maximum atomic E-state index is 13.9. The zero-order chi connectivity index (χ0) is 19.1. The third-order valence-corrected chi connectivity index (χ3v) is 6.98. The monoisotopic (exact) mass is 361 g/mol. The van der Waals surface area contributed by atoms with Gasteiger partial charge in [0.25, 0.3) is 0 Å². The van der Waals surface area contributed by atoms with Gasteiger partial charge in [0.05, 0.1) is 0 Å². The van der Waals surface area contributed by atoms with E-state index in [4.69, 9.17) is 0 Å². The first kappa shape index (κ1) is 18.0. The first-order valence-corrected chi connectivity index (χ1v) is 9.86. The standard InChI is InChI=1S/C24H27NO2/c1-23(2)20-13-14-24(23,21(26)15-20)22(27)25(16-18-9-5-3-6-10-18)17-19-11-7-4-8-12-19/h3-12,20H,13-17H2,1-2H3. The van der Waals surface area contributed by atoms with Crippen LogP contribution in [-0.2, 0) is 22.7 Å². The molecule has 2 saturated carbocycles. The van der Waals surface area contributed by atoms with E-state index in [-0.39, 0.29) is 17.1 Å². The lowest BCUT2D eigenvalue weighted by atomic mass is 9.68. The number of hydrogen-bond acceptors (Lipinski definition) is 2. The van der Waals surface area contributed by atoms with Gasteiger partial charge < -0.3 is 4.90 Å². The van der Waals surface area contributed by atoms with Gasteiger partial charge in [0.1, 0.15) is 11.2 Å². The molecule has 2 unspecified atom stereocenters. The Morgan fingerprint density at radius 2 is 1.48 bits per heavy atom. The van der Waals surface area contributed by atoms with Crippen molar-refractivity contribution in [2.24, 2.45) is 16.7 Å². The van der Waals surface area contributed by atoms with E-state index < -0.39 is 5.41 Å². The number of carbonyl (C=O) groups excluding carboxylic acids is 2. The van der Waals surface area contributed by atoms with Crippen molar-refractivity contribution in [3.8, 4) is 0 Å². The van der Waals surface area contributed by atoms with Crippen LogP contribution >= 0.6 is 0 Å². The minimum Gasteiger partial charge on any atom is -0.333 e. The summed E-state index contributed by atoms with van der Waals surface area (Å²) >= 11 is 0. The van der Waals surface area contributed by atoms with Crippen LogP contribution < -0.4 is 0 Å². The van der Waals surface area contributed by atoms with Crippen molar-refractivity contribution in [2.45, 2.75) is 46.2 Å². The first-order valence-electron chi connectivity index (χ1n) is 9.86. The van der Waals surface area contributed by atoms with E-state index in [0.29, 0.717) is 31.8 Å². The Balaban J connectivity index is 1.69. The lowest BCUT2D eigenvalue weighted by molar-refractivity contribution is -0.154. The normalized spacial score (nSPS) is 25.6. The molecule has 0 aliphatic heterocycles. The Hall–Kier alpha value is -2.42. The van der Waals surface area contributed by atoms with Gasteiger partial charge >= 0.3 is 0 Å². The van der Waals surface area contributed by atoms with Crippen LogP contribution in [0.25, 0.3) is 0 Å². The SMILES string of the molecule is CC1(C)C2CCC1(C(=O)N(Cc1ccccc1)Cc1ccccc1)C(=O)C2. The Kier molecular flexibility index (Phi) is 4.41. The highest BCUT2D eigenvalue weighted by Gasteiger charge is 2.68. The second-order valence-corrected chi connectivity index (χ2v) is 8.62. The number of amides is 1. The molecule has 0 aromatic heterocycles. The molecule has 2 aromatic rings. The molecule has 2 atom stereocenters.